The number of halogens is 1. The summed E-state index contributed by atoms with van der Waals surface area (Å²) in [6, 6.07) is 8.11. The van der Waals surface area contributed by atoms with E-state index in [1.807, 2.05) is 12.1 Å². The van der Waals surface area contributed by atoms with E-state index in [1.54, 1.807) is 7.11 Å². The van der Waals surface area contributed by atoms with Crippen LogP contribution in [0.1, 0.15) is 18.4 Å². The van der Waals surface area contributed by atoms with Gasteiger partial charge in [0.25, 0.3) is 0 Å². The van der Waals surface area contributed by atoms with Crippen molar-refractivity contribution in [2.45, 2.75) is 18.3 Å². The number of nitrogens with two attached hydrogens (primary N) is 1. The Morgan fingerprint density at radius 2 is 2.00 bits per heavy atom. The van der Waals surface area contributed by atoms with E-state index in [0.29, 0.717) is 5.92 Å². The highest BCUT2D eigenvalue weighted by Gasteiger charge is 2.44. The minimum Gasteiger partial charge on any atom is -0.384 e. The van der Waals surface area contributed by atoms with E-state index in [0.717, 1.165) is 31.0 Å². The third-order valence-electron chi connectivity index (χ3n) is 3.57. The normalized spacial score (nSPS) is 28.8. The van der Waals surface area contributed by atoms with Crippen molar-refractivity contribution in [3.63, 3.8) is 0 Å². The van der Waals surface area contributed by atoms with E-state index in [-0.39, 0.29) is 5.41 Å². The Morgan fingerprint density at radius 1 is 1.38 bits per heavy atom. The lowest BCUT2D eigenvalue weighted by Crippen LogP contribution is -2.47. The Balaban J connectivity index is 2.17. The standard InChI is InChI=1S/C13H18ClNO/c1-16-9-13(6-10(7-13)8-15)11-2-4-12(14)5-3-11/h2-5,10H,6-9,15H2,1H3. The molecule has 3 heteroatoms. The first kappa shape index (κ1) is 11.9. The summed E-state index contributed by atoms with van der Waals surface area (Å²) in [5.41, 5.74) is 7.18. The minimum absolute atomic E-state index is 0.170. The molecule has 1 aliphatic rings. The van der Waals surface area contributed by atoms with Crippen LogP contribution < -0.4 is 5.73 Å². The predicted molar refractivity (Wildman–Crippen MR) is 66.8 cm³/mol. The molecule has 1 aliphatic carbocycles. The molecule has 0 heterocycles. The van der Waals surface area contributed by atoms with Crippen molar-refractivity contribution in [1.82, 2.24) is 0 Å². The number of hydrogen-bond donors (Lipinski definition) is 1. The molecule has 0 aromatic heterocycles. The SMILES string of the molecule is COCC1(c2ccc(Cl)cc2)CC(CN)C1. The second kappa shape index (κ2) is 4.74. The lowest BCUT2D eigenvalue weighted by Gasteiger charge is -2.47. The van der Waals surface area contributed by atoms with Crippen LogP contribution in [0, 0.1) is 5.92 Å². The van der Waals surface area contributed by atoms with E-state index in [4.69, 9.17) is 22.1 Å². The number of ether oxygens (including phenoxy) is 1. The second-order valence-electron chi connectivity index (χ2n) is 4.73. The zero-order valence-corrected chi connectivity index (χ0v) is 10.3. The average molecular weight is 240 g/mol. The first-order valence-electron chi connectivity index (χ1n) is 5.65. The van der Waals surface area contributed by atoms with E-state index >= 15 is 0 Å². The van der Waals surface area contributed by atoms with Gasteiger partial charge in [0.2, 0.25) is 0 Å². The zero-order chi connectivity index (χ0) is 11.6. The first-order chi connectivity index (χ1) is 7.70. The molecule has 0 radical (unpaired) electrons. The number of benzene rings is 1. The van der Waals surface area contributed by atoms with Crippen molar-refractivity contribution in [3.05, 3.63) is 34.9 Å². The van der Waals surface area contributed by atoms with Crippen LogP contribution in [0.15, 0.2) is 24.3 Å². The minimum atomic E-state index is 0.170. The molecule has 0 amide bonds. The molecular weight excluding hydrogens is 222 g/mol. The zero-order valence-electron chi connectivity index (χ0n) is 9.58. The third kappa shape index (κ3) is 2.10. The first-order valence-corrected chi connectivity index (χ1v) is 6.03. The molecule has 0 bridgehead atoms. The maximum Gasteiger partial charge on any atom is 0.0559 e. The summed E-state index contributed by atoms with van der Waals surface area (Å²) >= 11 is 5.90. The van der Waals surface area contributed by atoms with Crippen LogP contribution in [-0.2, 0) is 10.2 Å². The molecule has 0 saturated heterocycles. The van der Waals surface area contributed by atoms with Gasteiger partial charge in [-0.3, -0.25) is 0 Å². The average Bonchev–Trinajstić information content (AvgIpc) is 2.24. The quantitative estimate of drug-likeness (QED) is 0.877. The molecule has 0 atom stereocenters. The summed E-state index contributed by atoms with van der Waals surface area (Å²) in [6.45, 7) is 1.55. The van der Waals surface area contributed by atoms with Gasteiger partial charge in [-0.2, -0.15) is 0 Å². The van der Waals surface area contributed by atoms with Crippen LogP contribution in [0.2, 0.25) is 5.02 Å². The van der Waals surface area contributed by atoms with Crippen LogP contribution in [0.5, 0.6) is 0 Å². The van der Waals surface area contributed by atoms with Crippen molar-refractivity contribution in [3.8, 4) is 0 Å². The van der Waals surface area contributed by atoms with Gasteiger partial charge in [-0.05, 0) is 43.0 Å². The van der Waals surface area contributed by atoms with Gasteiger partial charge >= 0.3 is 0 Å². The second-order valence-corrected chi connectivity index (χ2v) is 5.17. The van der Waals surface area contributed by atoms with E-state index in [2.05, 4.69) is 12.1 Å². The molecule has 2 rings (SSSR count). The fraction of sp³-hybridized carbons (Fsp3) is 0.538. The Morgan fingerprint density at radius 3 is 2.50 bits per heavy atom. The number of hydrogen-bond acceptors (Lipinski definition) is 2. The molecule has 2 N–H and O–H groups in total. The fourth-order valence-corrected chi connectivity index (χ4v) is 2.85. The molecule has 2 nitrogen and oxygen atoms in total. The molecular formula is C13H18ClNO. The fourth-order valence-electron chi connectivity index (χ4n) is 2.73. The van der Waals surface area contributed by atoms with Gasteiger partial charge in [0.15, 0.2) is 0 Å². The van der Waals surface area contributed by atoms with Crippen molar-refractivity contribution >= 4 is 11.6 Å². The van der Waals surface area contributed by atoms with E-state index in [1.165, 1.54) is 5.56 Å². The number of rotatable bonds is 4. The van der Waals surface area contributed by atoms with Gasteiger partial charge in [0, 0.05) is 17.5 Å². The molecule has 88 valence electrons. The van der Waals surface area contributed by atoms with Crippen molar-refractivity contribution in [2.75, 3.05) is 20.3 Å². The van der Waals surface area contributed by atoms with Crippen LogP contribution in [0.3, 0.4) is 0 Å². The lowest BCUT2D eigenvalue weighted by molar-refractivity contribution is 0.0423. The smallest absolute Gasteiger partial charge is 0.0559 e. The highest BCUT2D eigenvalue weighted by molar-refractivity contribution is 6.30. The summed E-state index contributed by atoms with van der Waals surface area (Å²) in [5.74, 6) is 0.644. The Hall–Kier alpha value is -0.570. The van der Waals surface area contributed by atoms with Crippen LogP contribution in [0.25, 0.3) is 0 Å². The third-order valence-corrected chi connectivity index (χ3v) is 3.82. The highest BCUT2D eigenvalue weighted by atomic mass is 35.5. The molecule has 1 aromatic carbocycles. The molecule has 1 aromatic rings. The summed E-state index contributed by atoms with van der Waals surface area (Å²) < 4.78 is 5.35. The topological polar surface area (TPSA) is 35.2 Å². The van der Waals surface area contributed by atoms with Gasteiger partial charge in [-0.15, -0.1) is 0 Å². The number of methoxy groups -OCH3 is 1. The summed E-state index contributed by atoms with van der Waals surface area (Å²) in [4.78, 5) is 0. The van der Waals surface area contributed by atoms with Crippen LogP contribution in [-0.4, -0.2) is 20.3 Å². The summed E-state index contributed by atoms with van der Waals surface area (Å²) in [7, 11) is 1.76. The summed E-state index contributed by atoms with van der Waals surface area (Å²) in [5, 5.41) is 0.783. The van der Waals surface area contributed by atoms with Crippen molar-refractivity contribution < 1.29 is 4.74 Å². The predicted octanol–water partition coefficient (Wildman–Crippen LogP) is 2.59. The van der Waals surface area contributed by atoms with E-state index in [9.17, 15) is 0 Å². The highest BCUT2D eigenvalue weighted by Crippen LogP contribution is 2.47. The van der Waals surface area contributed by atoms with Crippen molar-refractivity contribution in [2.24, 2.45) is 11.7 Å². The molecule has 0 unspecified atom stereocenters. The Labute approximate surface area is 102 Å². The maximum absolute atomic E-state index is 5.90. The molecule has 1 fully saturated rings. The molecule has 0 spiro atoms. The van der Waals surface area contributed by atoms with Gasteiger partial charge in [0.05, 0.1) is 6.61 Å². The van der Waals surface area contributed by atoms with Crippen LogP contribution in [0.4, 0.5) is 0 Å². The Bertz CT molecular complexity index is 343. The monoisotopic (exact) mass is 239 g/mol. The largest absolute Gasteiger partial charge is 0.384 e. The molecule has 16 heavy (non-hydrogen) atoms. The van der Waals surface area contributed by atoms with E-state index < -0.39 is 0 Å². The maximum atomic E-state index is 5.90. The molecule has 0 aliphatic heterocycles. The summed E-state index contributed by atoms with van der Waals surface area (Å²) in [6.07, 6.45) is 2.25. The van der Waals surface area contributed by atoms with Gasteiger partial charge < -0.3 is 10.5 Å². The van der Waals surface area contributed by atoms with Crippen LogP contribution >= 0.6 is 11.6 Å². The molecule has 1 saturated carbocycles. The Kier molecular flexibility index (Phi) is 3.53. The van der Waals surface area contributed by atoms with Gasteiger partial charge in [0.1, 0.15) is 0 Å². The lowest BCUT2D eigenvalue weighted by atomic mass is 9.59. The van der Waals surface area contributed by atoms with Gasteiger partial charge in [-0.25, -0.2) is 0 Å². The van der Waals surface area contributed by atoms with Gasteiger partial charge in [-0.1, -0.05) is 23.7 Å². The van der Waals surface area contributed by atoms with Crippen molar-refractivity contribution in [1.29, 1.82) is 0 Å².